The van der Waals surface area contributed by atoms with Crippen LogP contribution in [0.3, 0.4) is 0 Å². The number of nitrogens with zero attached hydrogens (tertiary/aromatic N) is 1. The van der Waals surface area contributed by atoms with Crippen molar-refractivity contribution in [3.63, 3.8) is 0 Å². The van der Waals surface area contributed by atoms with Crippen molar-refractivity contribution >= 4 is 23.7 Å². The molecule has 1 aromatic heterocycles. The van der Waals surface area contributed by atoms with Gasteiger partial charge < -0.3 is 0 Å². The predicted molar refractivity (Wildman–Crippen MR) is 89.7 cm³/mol. The molecule has 0 radical (unpaired) electrons. The lowest BCUT2D eigenvalue weighted by Crippen LogP contribution is -2.30. The van der Waals surface area contributed by atoms with Crippen LogP contribution in [0, 0.1) is 6.92 Å². The third-order valence-corrected chi connectivity index (χ3v) is 7.46. The molecular weight excluding hydrogens is 365 g/mol. The first-order valence-electron chi connectivity index (χ1n) is 6.58. The van der Waals surface area contributed by atoms with Gasteiger partial charge in [0, 0.05) is 31.6 Å². The van der Waals surface area contributed by atoms with Gasteiger partial charge in [-0.1, -0.05) is 12.2 Å². The summed E-state index contributed by atoms with van der Waals surface area (Å²) < 4.78 is 45.4. The van der Waals surface area contributed by atoms with Crippen molar-refractivity contribution in [3.05, 3.63) is 44.8 Å². The number of aromatic amines is 1. The maximum absolute atomic E-state index is 12.3. The van der Waals surface area contributed by atoms with Gasteiger partial charge >= 0.3 is 13.3 Å². The van der Waals surface area contributed by atoms with Gasteiger partial charge in [-0.15, -0.1) is 0 Å². The van der Waals surface area contributed by atoms with Gasteiger partial charge in [0.25, 0.3) is 5.56 Å². The highest BCUT2D eigenvalue weighted by Crippen LogP contribution is 2.59. The molecule has 130 valence electrons. The molecule has 9 nitrogen and oxygen atoms in total. The van der Waals surface area contributed by atoms with E-state index in [2.05, 4.69) is 4.98 Å². The highest BCUT2D eigenvalue weighted by atomic mass is 31.3. The van der Waals surface area contributed by atoms with Crippen molar-refractivity contribution in [1.29, 1.82) is 0 Å². The largest absolute Gasteiger partial charge is 0.345 e. The van der Waals surface area contributed by atoms with Crippen molar-refractivity contribution in [3.8, 4) is 0 Å². The second-order valence-electron chi connectivity index (χ2n) is 4.65. The molecule has 1 N–H and O–H groups in total. The quantitative estimate of drug-likeness (QED) is 0.536. The Morgan fingerprint density at radius 2 is 1.78 bits per heavy atom. The Morgan fingerprint density at radius 1 is 1.22 bits per heavy atom. The Morgan fingerprint density at radius 3 is 2.30 bits per heavy atom. The minimum Gasteiger partial charge on any atom is -0.297 e. The van der Waals surface area contributed by atoms with E-state index in [1.54, 1.807) is 6.92 Å². The van der Waals surface area contributed by atoms with Gasteiger partial charge in [-0.25, -0.2) is 4.79 Å². The van der Waals surface area contributed by atoms with Crippen LogP contribution in [-0.2, 0) is 28.9 Å². The van der Waals surface area contributed by atoms with Crippen molar-refractivity contribution < 1.29 is 22.3 Å². The van der Waals surface area contributed by atoms with Crippen LogP contribution in [0.15, 0.2) is 27.9 Å². The molecule has 0 fully saturated rings. The van der Waals surface area contributed by atoms with E-state index in [0.717, 1.165) is 0 Å². The smallest absolute Gasteiger partial charge is 0.297 e. The molecule has 0 saturated carbocycles. The molecule has 0 aliphatic carbocycles. The Balaban J connectivity index is 2.80. The lowest BCUT2D eigenvalue weighted by molar-refractivity contribution is 0.397. The summed E-state index contributed by atoms with van der Waals surface area (Å²) in [5.74, 6) is 0. The number of allylic oxidation sites excluding steroid dienone is 2. The summed E-state index contributed by atoms with van der Waals surface area (Å²) in [4.78, 5) is 25.0. The fourth-order valence-electron chi connectivity index (χ4n) is 1.63. The highest BCUT2D eigenvalue weighted by molar-refractivity contribution is 7.66. The second kappa shape index (κ2) is 8.76. The minimum absolute atomic E-state index is 0.124. The molecule has 0 amide bonds. The summed E-state index contributed by atoms with van der Waals surface area (Å²) in [7, 11) is -8.81. The van der Waals surface area contributed by atoms with Crippen LogP contribution in [0.5, 0.6) is 0 Å². The lowest BCUT2D eigenvalue weighted by atomic mass is 10.4. The monoisotopic (exact) mass is 384 g/mol. The molecule has 23 heavy (non-hydrogen) atoms. The summed E-state index contributed by atoms with van der Waals surface area (Å²) in [6.45, 7) is 4.19. The zero-order valence-electron chi connectivity index (χ0n) is 12.9. The molecule has 2 unspecified atom stereocenters. The first kappa shape index (κ1) is 20.1. The van der Waals surface area contributed by atoms with E-state index in [4.69, 9.17) is 8.62 Å². The number of aryl methyl sites for hydroxylation is 1. The van der Waals surface area contributed by atoms with E-state index < -0.39 is 34.9 Å². The van der Waals surface area contributed by atoms with Crippen LogP contribution in [0.1, 0.15) is 5.56 Å². The van der Waals surface area contributed by atoms with Crippen molar-refractivity contribution in [2.24, 2.45) is 0 Å². The van der Waals surface area contributed by atoms with Gasteiger partial charge in [-0.05, 0) is 6.92 Å². The molecule has 1 heterocycles. The molecule has 1 rings (SSSR count). The number of H-pyrrole nitrogens is 1. The van der Waals surface area contributed by atoms with Crippen LogP contribution in [0.4, 0.5) is 0 Å². The molecule has 2 atom stereocenters. The van der Waals surface area contributed by atoms with E-state index in [0.29, 0.717) is 5.56 Å². The number of nitrogens with one attached hydrogen (secondary N) is 1. The SMILES string of the molecule is Cc1cn(C/C=C/CP(=O)(O[PH](C)=O)O[PH](C)=O)c(=O)[nH]c1=O. The fraction of sp³-hybridized carbons (Fsp3) is 0.455. The first-order valence-corrected chi connectivity index (χ1v) is 11.9. The predicted octanol–water partition coefficient (Wildman–Crippen LogP) is 1.84. The average Bonchev–Trinajstić information content (AvgIpc) is 2.38. The van der Waals surface area contributed by atoms with Crippen LogP contribution in [0.2, 0.25) is 0 Å². The minimum atomic E-state index is -3.75. The molecule has 12 heteroatoms. The Kier molecular flexibility index (Phi) is 7.65. The van der Waals surface area contributed by atoms with Gasteiger partial charge in [0.15, 0.2) is 16.1 Å². The van der Waals surface area contributed by atoms with Gasteiger partial charge in [0.05, 0.1) is 6.16 Å². The van der Waals surface area contributed by atoms with Gasteiger partial charge in [-0.2, -0.15) is 0 Å². The zero-order chi connectivity index (χ0) is 17.6. The average molecular weight is 384 g/mol. The fourth-order valence-corrected chi connectivity index (χ4v) is 6.25. The third-order valence-electron chi connectivity index (χ3n) is 2.52. The second-order valence-corrected chi connectivity index (χ2v) is 9.67. The van der Waals surface area contributed by atoms with E-state index in [-0.39, 0.29) is 12.7 Å². The maximum Gasteiger partial charge on any atom is 0.345 e. The summed E-state index contributed by atoms with van der Waals surface area (Å²) >= 11 is 0. The number of aromatic nitrogens is 2. The van der Waals surface area contributed by atoms with Crippen molar-refractivity contribution in [2.45, 2.75) is 13.5 Å². The number of hydrogen-bond acceptors (Lipinski definition) is 7. The molecule has 0 aliphatic heterocycles. The molecule has 1 aromatic rings. The van der Waals surface area contributed by atoms with Crippen LogP contribution in [-0.4, -0.2) is 29.0 Å². The van der Waals surface area contributed by atoms with E-state index in [1.165, 1.54) is 36.2 Å². The Bertz CT molecular complexity index is 776. The summed E-state index contributed by atoms with van der Waals surface area (Å²) in [5.41, 5.74) is -0.648. The van der Waals surface area contributed by atoms with Crippen LogP contribution < -0.4 is 11.2 Å². The number of hydrogen-bond donors (Lipinski definition) is 1. The van der Waals surface area contributed by atoms with Crippen LogP contribution in [0.25, 0.3) is 0 Å². The maximum atomic E-state index is 12.3. The summed E-state index contributed by atoms with van der Waals surface area (Å²) in [5, 5.41) is 0. The topological polar surface area (TPSA) is 125 Å². The van der Waals surface area contributed by atoms with Gasteiger partial charge in [0.2, 0.25) is 0 Å². The molecule has 0 spiro atoms. The Labute approximate surface area is 134 Å². The molecule has 0 aliphatic rings. The third kappa shape index (κ3) is 6.98. The standard InChI is InChI=1S/C11H19N2O7P3/c1-9-8-13(11(15)12-10(9)14)6-4-5-7-23(18,19-21(2)16)20-22(3)17/h4-5,8,21-22H,6-7H2,1-3H3,(H,12,14,15)/b5-4+. The summed E-state index contributed by atoms with van der Waals surface area (Å²) in [6.07, 6.45) is 4.10. The van der Waals surface area contributed by atoms with Gasteiger partial charge in [-0.3, -0.25) is 36.7 Å². The van der Waals surface area contributed by atoms with Gasteiger partial charge in [0.1, 0.15) is 0 Å². The van der Waals surface area contributed by atoms with Crippen LogP contribution >= 0.6 is 23.7 Å². The molecule has 0 aromatic carbocycles. The lowest BCUT2D eigenvalue weighted by Gasteiger charge is -2.14. The molecule has 0 saturated heterocycles. The van der Waals surface area contributed by atoms with E-state index >= 15 is 0 Å². The van der Waals surface area contributed by atoms with E-state index in [1.807, 2.05) is 0 Å². The first-order chi connectivity index (χ1) is 10.6. The zero-order valence-corrected chi connectivity index (χ0v) is 15.8. The molecule has 0 bridgehead atoms. The normalized spacial score (nSPS) is 17.0. The van der Waals surface area contributed by atoms with E-state index in [9.17, 15) is 23.3 Å². The van der Waals surface area contributed by atoms with Crippen molar-refractivity contribution in [2.75, 3.05) is 19.5 Å². The molecular formula is C11H19N2O7P3. The summed E-state index contributed by atoms with van der Waals surface area (Å²) in [6, 6.07) is 0. The van der Waals surface area contributed by atoms with Crippen molar-refractivity contribution in [1.82, 2.24) is 9.55 Å². The highest BCUT2D eigenvalue weighted by Gasteiger charge is 2.26. The Hall–Kier alpha value is -0.970. The number of rotatable bonds is 8.